The van der Waals surface area contributed by atoms with Gasteiger partial charge >= 0.3 is 0 Å². The van der Waals surface area contributed by atoms with E-state index in [1.165, 1.54) is 31.4 Å². The van der Waals surface area contributed by atoms with E-state index in [4.69, 9.17) is 5.73 Å². The van der Waals surface area contributed by atoms with E-state index < -0.39 is 0 Å². The SMILES string of the molecule is CCC1CCC(N)(Cc2cscn2)C1. The summed E-state index contributed by atoms with van der Waals surface area (Å²) >= 11 is 1.66. The molecule has 1 saturated carbocycles. The number of hydrogen-bond acceptors (Lipinski definition) is 3. The van der Waals surface area contributed by atoms with Gasteiger partial charge in [-0.25, -0.2) is 4.98 Å². The van der Waals surface area contributed by atoms with E-state index in [9.17, 15) is 0 Å². The Bertz CT molecular complexity index is 283. The average molecular weight is 210 g/mol. The third kappa shape index (κ3) is 2.15. The van der Waals surface area contributed by atoms with E-state index in [2.05, 4.69) is 17.3 Å². The first-order valence-corrected chi connectivity index (χ1v) is 6.32. The number of aromatic nitrogens is 1. The lowest BCUT2D eigenvalue weighted by atomic mass is 9.91. The number of nitrogens with two attached hydrogens (primary N) is 1. The van der Waals surface area contributed by atoms with Gasteiger partial charge in [0.25, 0.3) is 0 Å². The maximum Gasteiger partial charge on any atom is 0.0794 e. The smallest absolute Gasteiger partial charge is 0.0794 e. The van der Waals surface area contributed by atoms with Gasteiger partial charge in [-0.2, -0.15) is 0 Å². The van der Waals surface area contributed by atoms with Crippen molar-refractivity contribution in [2.45, 2.75) is 44.6 Å². The molecule has 0 radical (unpaired) electrons. The van der Waals surface area contributed by atoms with Gasteiger partial charge in [-0.1, -0.05) is 13.3 Å². The van der Waals surface area contributed by atoms with Gasteiger partial charge in [-0.3, -0.25) is 0 Å². The maximum absolute atomic E-state index is 6.38. The van der Waals surface area contributed by atoms with Gasteiger partial charge < -0.3 is 5.73 Å². The Kier molecular flexibility index (Phi) is 2.88. The minimum absolute atomic E-state index is 0.0365. The molecule has 2 N–H and O–H groups in total. The summed E-state index contributed by atoms with van der Waals surface area (Å²) in [4.78, 5) is 4.31. The molecule has 1 fully saturated rings. The first-order chi connectivity index (χ1) is 6.72. The van der Waals surface area contributed by atoms with Gasteiger partial charge in [0.2, 0.25) is 0 Å². The molecule has 1 aliphatic carbocycles. The standard InChI is InChI=1S/C11H18N2S/c1-2-9-3-4-11(12,5-9)6-10-7-14-8-13-10/h7-9H,2-6,12H2,1H3. The molecule has 0 aliphatic heterocycles. The summed E-state index contributed by atoms with van der Waals surface area (Å²) in [5.41, 5.74) is 9.49. The first kappa shape index (κ1) is 10.1. The highest BCUT2D eigenvalue weighted by Gasteiger charge is 2.35. The second kappa shape index (κ2) is 3.99. The summed E-state index contributed by atoms with van der Waals surface area (Å²) in [6.45, 7) is 2.26. The normalized spacial score (nSPS) is 32.3. The van der Waals surface area contributed by atoms with E-state index >= 15 is 0 Å². The Balaban J connectivity index is 1.97. The van der Waals surface area contributed by atoms with Gasteiger partial charge in [-0.15, -0.1) is 11.3 Å². The molecule has 1 heterocycles. The first-order valence-electron chi connectivity index (χ1n) is 5.38. The average Bonchev–Trinajstić information content (AvgIpc) is 2.76. The predicted octanol–water partition coefficient (Wildman–Crippen LogP) is 2.59. The van der Waals surface area contributed by atoms with E-state index in [0.29, 0.717) is 0 Å². The number of thiazole rings is 1. The molecule has 1 aromatic rings. The Hall–Kier alpha value is -0.410. The lowest BCUT2D eigenvalue weighted by Crippen LogP contribution is -2.39. The lowest BCUT2D eigenvalue weighted by Gasteiger charge is -2.23. The fourth-order valence-electron chi connectivity index (χ4n) is 2.47. The van der Waals surface area contributed by atoms with Gasteiger partial charge in [0.15, 0.2) is 0 Å². The van der Waals surface area contributed by atoms with E-state index in [-0.39, 0.29) is 5.54 Å². The summed E-state index contributed by atoms with van der Waals surface area (Å²) < 4.78 is 0. The van der Waals surface area contributed by atoms with Crippen LogP contribution in [0.2, 0.25) is 0 Å². The Morgan fingerprint density at radius 1 is 1.71 bits per heavy atom. The summed E-state index contributed by atoms with van der Waals surface area (Å²) in [6.07, 6.45) is 5.89. The van der Waals surface area contributed by atoms with E-state index in [0.717, 1.165) is 12.3 Å². The maximum atomic E-state index is 6.38. The summed E-state index contributed by atoms with van der Waals surface area (Å²) in [5, 5.41) is 2.12. The highest BCUT2D eigenvalue weighted by Crippen LogP contribution is 2.36. The highest BCUT2D eigenvalue weighted by atomic mass is 32.1. The van der Waals surface area contributed by atoms with Crippen LogP contribution in [-0.2, 0) is 6.42 Å². The summed E-state index contributed by atoms with van der Waals surface area (Å²) in [6, 6.07) is 0. The molecule has 1 aliphatic rings. The molecule has 0 spiro atoms. The van der Waals surface area contributed by atoms with Crippen molar-refractivity contribution in [3.05, 3.63) is 16.6 Å². The van der Waals surface area contributed by atoms with Gasteiger partial charge in [-0.05, 0) is 25.2 Å². The Labute approximate surface area is 89.5 Å². The molecule has 1 aromatic heterocycles. The van der Waals surface area contributed by atoms with Crippen molar-refractivity contribution in [3.63, 3.8) is 0 Å². The molecule has 2 rings (SSSR count). The topological polar surface area (TPSA) is 38.9 Å². The van der Waals surface area contributed by atoms with E-state index in [1.54, 1.807) is 11.3 Å². The van der Waals surface area contributed by atoms with Crippen molar-refractivity contribution in [3.8, 4) is 0 Å². The van der Waals surface area contributed by atoms with Crippen LogP contribution in [0.5, 0.6) is 0 Å². The second-order valence-electron chi connectivity index (χ2n) is 4.54. The van der Waals surface area contributed by atoms with Crippen LogP contribution in [0.25, 0.3) is 0 Å². The van der Waals surface area contributed by atoms with Crippen molar-refractivity contribution in [2.24, 2.45) is 11.7 Å². The summed E-state index contributed by atoms with van der Waals surface area (Å²) in [7, 11) is 0. The monoisotopic (exact) mass is 210 g/mol. The van der Waals surface area contributed by atoms with E-state index in [1.807, 2.05) is 5.51 Å². The number of nitrogens with zero attached hydrogens (tertiary/aromatic N) is 1. The Morgan fingerprint density at radius 3 is 3.14 bits per heavy atom. The largest absolute Gasteiger partial charge is 0.325 e. The summed E-state index contributed by atoms with van der Waals surface area (Å²) in [5.74, 6) is 0.846. The van der Waals surface area contributed by atoms with Crippen molar-refractivity contribution in [1.29, 1.82) is 0 Å². The van der Waals surface area contributed by atoms with Crippen LogP contribution in [0.1, 0.15) is 38.3 Å². The third-order valence-electron chi connectivity index (χ3n) is 3.34. The molecule has 2 nitrogen and oxygen atoms in total. The third-order valence-corrected chi connectivity index (χ3v) is 3.97. The molecular weight excluding hydrogens is 192 g/mol. The van der Waals surface area contributed by atoms with Crippen LogP contribution >= 0.6 is 11.3 Å². The van der Waals surface area contributed by atoms with Crippen molar-refractivity contribution < 1.29 is 0 Å². The van der Waals surface area contributed by atoms with Crippen LogP contribution in [0, 0.1) is 5.92 Å². The van der Waals surface area contributed by atoms with Crippen LogP contribution in [0.3, 0.4) is 0 Å². The second-order valence-corrected chi connectivity index (χ2v) is 5.25. The molecule has 0 amide bonds. The molecule has 0 bridgehead atoms. The van der Waals surface area contributed by atoms with Crippen LogP contribution in [-0.4, -0.2) is 10.5 Å². The zero-order valence-corrected chi connectivity index (χ0v) is 9.52. The zero-order valence-electron chi connectivity index (χ0n) is 8.70. The van der Waals surface area contributed by atoms with Crippen molar-refractivity contribution in [2.75, 3.05) is 0 Å². The van der Waals surface area contributed by atoms with Gasteiger partial charge in [0.05, 0.1) is 11.2 Å². The fraction of sp³-hybridized carbons (Fsp3) is 0.727. The lowest BCUT2D eigenvalue weighted by molar-refractivity contribution is 0.404. The fourth-order valence-corrected chi connectivity index (χ4v) is 3.02. The van der Waals surface area contributed by atoms with Crippen molar-refractivity contribution in [1.82, 2.24) is 4.98 Å². The zero-order chi connectivity index (χ0) is 10.0. The Morgan fingerprint density at radius 2 is 2.57 bits per heavy atom. The van der Waals surface area contributed by atoms with Gasteiger partial charge in [0.1, 0.15) is 0 Å². The predicted molar refractivity (Wildman–Crippen MR) is 60.4 cm³/mol. The molecular formula is C11H18N2S. The molecule has 3 heteroatoms. The quantitative estimate of drug-likeness (QED) is 0.833. The highest BCUT2D eigenvalue weighted by molar-refractivity contribution is 7.07. The molecule has 78 valence electrons. The van der Waals surface area contributed by atoms with Crippen molar-refractivity contribution >= 4 is 11.3 Å². The molecule has 0 aromatic carbocycles. The minimum Gasteiger partial charge on any atom is -0.325 e. The molecule has 14 heavy (non-hydrogen) atoms. The van der Waals surface area contributed by atoms with Crippen LogP contribution < -0.4 is 5.73 Å². The molecule has 2 atom stereocenters. The molecule has 2 unspecified atom stereocenters. The minimum atomic E-state index is 0.0365. The molecule has 0 saturated heterocycles. The van der Waals surface area contributed by atoms with Gasteiger partial charge in [0, 0.05) is 17.3 Å². The van der Waals surface area contributed by atoms with Crippen LogP contribution in [0.4, 0.5) is 0 Å². The number of hydrogen-bond donors (Lipinski definition) is 1. The number of rotatable bonds is 3. The van der Waals surface area contributed by atoms with Crippen LogP contribution in [0.15, 0.2) is 10.9 Å².